The Labute approximate surface area is 480 Å². The molecule has 0 spiro atoms. The minimum Gasteiger partial charge on any atom is -0.397 e. The Morgan fingerprint density at radius 3 is 1.36 bits per heavy atom. The SMILES string of the molecule is Cc1c(-c2ccccc2F)nc2cc(C(F)(F)F)ccc2c1Cl.Cc1c(-c2ccccc2F)nc2cc(C(F)(F)F)ccc2c1Nc1cc(N2CCOCC2)ccc1N1CCOCC1.Nc1cc(N2CCOCC2)ccc1N1CCOCC1. The van der Waals surface area contributed by atoms with E-state index in [0.717, 1.165) is 118 Å². The molecule has 0 bridgehead atoms. The van der Waals surface area contributed by atoms with Gasteiger partial charge in [-0.25, -0.2) is 18.7 Å². The molecule has 4 aliphatic rings. The first-order valence-corrected chi connectivity index (χ1v) is 27.6. The van der Waals surface area contributed by atoms with Crippen molar-refractivity contribution in [1.29, 1.82) is 0 Å². The van der Waals surface area contributed by atoms with Gasteiger partial charge in [0.15, 0.2) is 0 Å². The first kappa shape index (κ1) is 58.7. The number of benzene rings is 6. The summed E-state index contributed by atoms with van der Waals surface area (Å²) in [5.74, 6) is -1.01. The number of hydrogen-bond donors (Lipinski definition) is 2. The van der Waals surface area contributed by atoms with Crippen molar-refractivity contribution >= 4 is 73.2 Å². The van der Waals surface area contributed by atoms with Crippen LogP contribution in [-0.2, 0) is 31.3 Å². The summed E-state index contributed by atoms with van der Waals surface area (Å²) in [5, 5.41) is 4.74. The Hall–Kier alpha value is -7.49. The number of nitrogens with two attached hydrogens (primary N) is 1. The first-order chi connectivity index (χ1) is 39.9. The fraction of sp³-hybridized carbons (Fsp3) is 0.323. The minimum absolute atomic E-state index is 0.0775. The number of hydrogen-bond acceptors (Lipinski definition) is 12. The number of nitrogens with zero attached hydrogens (tertiary/aromatic N) is 6. The van der Waals surface area contributed by atoms with Crippen LogP contribution in [0, 0.1) is 25.5 Å². The molecule has 12 nitrogen and oxygen atoms in total. The van der Waals surface area contributed by atoms with Crippen molar-refractivity contribution in [1.82, 2.24) is 9.97 Å². The van der Waals surface area contributed by atoms with Gasteiger partial charge in [0.2, 0.25) is 0 Å². The summed E-state index contributed by atoms with van der Waals surface area (Å²) in [7, 11) is 0. The van der Waals surface area contributed by atoms with Crippen molar-refractivity contribution in [2.45, 2.75) is 26.2 Å². The van der Waals surface area contributed by atoms with Crippen molar-refractivity contribution in [3.8, 4) is 22.5 Å². The van der Waals surface area contributed by atoms with Crippen LogP contribution in [0.3, 0.4) is 0 Å². The Bertz CT molecular complexity index is 3590. The predicted molar refractivity (Wildman–Crippen MR) is 311 cm³/mol. The molecule has 4 fully saturated rings. The van der Waals surface area contributed by atoms with E-state index in [1.54, 1.807) is 31.2 Å². The van der Waals surface area contributed by atoms with Crippen LogP contribution in [-0.4, -0.2) is 115 Å². The maximum Gasteiger partial charge on any atom is 0.416 e. The highest BCUT2D eigenvalue weighted by Gasteiger charge is 2.33. The third-order valence-electron chi connectivity index (χ3n) is 15.0. The summed E-state index contributed by atoms with van der Waals surface area (Å²) < 4.78 is 130. The summed E-state index contributed by atoms with van der Waals surface area (Å²) in [6.45, 7) is 15.7. The van der Waals surface area contributed by atoms with Crippen molar-refractivity contribution < 1.29 is 54.1 Å². The normalized spacial score (nSPS) is 16.1. The van der Waals surface area contributed by atoms with Crippen LogP contribution >= 0.6 is 11.6 Å². The van der Waals surface area contributed by atoms with Gasteiger partial charge in [0.1, 0.15) is 11.6 Å². The lowest BCUT2D eigenvalue weighted by Gasteiger charge is -2.33. The molecule has 0 atom stereocenters. The fourth-order valence-corrected chi connectivity index (χ4v) is 10.8. The summed E-state index contributed by atoms with van der Waals surface area (Å²) >= 11 is 6.26. The molecule has 0 radical (unpaired) electrons. The third kappa shape index (κ3) is 13.5. The van der Waals surface area contributed by atoms with E-state index in [1.165, 1.54) is 42.1 Å². The molecule has 0 saturated carbocycles. The number of nitrogen functional groups attached to an aromatic ring is 1. The molecule has 8 aromatic rings. The van der Waals surface area contributed by atoms with Crippen LogP contribution in [0.1, 0.15) is 22.3 Å². The number of fused-ring (bicyclic) bond motifs is 2. The zero-order chi connectivity index (χ0) is 58.4. The van der Waals surface area contributed by atoms with Crippen LogP contribution in [0.5, 0.6) is 0 Å². The molecule has 0 unspecified atom stereocenters. The van der Waals surface area contributed by atoms with E-state index in [9.17, 15) is 35.1 Å². The molecule has 436 valence electrons. The summed E-state index contributed by atoms with van der Waals surface area (Å²) in [6, 6.07) is 31.4. The van der Waals surface area contributed by atoms with Gasteiger partial charge in [0.05, 0.1) is 120 Å². The predicted octanol–water partition coefficient (Wildman–Crippen LogP) is 13.7. The van der Waals surface area contributed by atoms with E-state index in [-0.39, 0.29) is 38.6 Å². The molecule has 0 amide bonds. The molecule has 4 aliphatic heterocycles. The van der Waals surface area contributed by atoms with Gasteiger partial charge in [-0.3, -0.25) is 0 Å². The van der Waals surface area contributed by atoms with Crippen molar-refractivity contribution in [3.05, 3.63) is 160 Å². The average molecular weight is 1170 g/mol. The van der Waals surface area contributed by atoms with Gasteiger partial charge < -0.3 is 49.6 Å². The molecule has 12 rings (SSSR count). The molecule has 6 aromatic carbocycles. The van der Waals surface area contributed by atoms with Crippen LogP contribution in [0.25, 0.3) is 44.3 Å². The molecule has 0 aliphatic carbocycles. The summed E-state index contributed by atoms with van der Waals surface area (Å²) in [5.41, 5.74) is 13.4. The molecule has 6 heterocycles. The van der Waals surface area contributed by atoms with Crippen molar-refractivity contribution in [2.24, 2.45) is 0 Å². The second-order valence-corrected chi connectivity index (χ2v) is 20.6. The fourth-order valence-electron chi connectivity index (χ4n) is 10.5. The van der Waals surface area contributed by atoms with E-state index in [2.05, 4.69) is 71.3 Å². The number of alkyl halides is 6. The monoisotopic (exact) mass is 1170 g/mol. The largest absolute Gasteiger partial charge is 0.416 e. The third-order valence-corrected chi connectivity index (χ3v) is 15.5. The van der Waals surface area contributed by atoms with Gasteiger partial charge >= 0.3 is 12.4 Å². The Morgan fingerprint density at radius 1 is 0.482 bits per heavy atom. The Morgan fingerprint density at radius 2 is 0.892 bits per heavy atom. The van der Waals surface area contributed by atoms with Crippen LogP contribution < -0.4 is 30.7 Å². The number of rotatable bonds is 8. The van der Waals surface area contributed by atoms with Crippen LogP contribution in [0.2, 0.25) is 5.02 Å². The lowest BCUT2D eigenvalue weighted by Crippen LogP contribution is -2.37. The molecular weight excluding hydrogens is 1110 g/mol. The maximum atomic E-state index is 15.0. The van der Waals surface area contributed by atoms with Gasteiger partial charge in [-0.05, 0) is 110 Å². The Kier molecular flexibility index (Phi) is 18.1. The Balaban J connectivity index is 0.000000154. The summed E-state index contributed by atoms with van der Waals surface area (Å²) in [4.78, 5) is 17.9. The maximum absolute atomic E-state index is 15.0. The molecule has 83 heavy (non-hydrogen) atoms. The number of morpholine rings is 4. The highest BCUT2D eigenvalue weighted by Crippen LogP contribution is 2.43. The highest BCUT2D eigenvalue weighted by molar-refractivity contribution is 6.36. The topological polar surface area (TPSA) is 114 Å². The summed E-state index contributed by atoms with van der Waals surface area (Å²) in [6.07, 6.45) is -9.02. The average Bonchev–Trinajstić information content (AvgIpc) is 3.70. The van der Waals surface area contributed by atoms with E-state index in [4.69, 9.17) is 36.3 Å². The van der Waals surface area contributed by atoms with Crippen molar-refractivity contribution in [3.63, 3.8) is 0 Å². The number of nitrogens with one attached hydrogen (secondary N) is 1. The smallest absolute Gasteiger partial charge is 0.397 e. The second kappa shape index (κ2) is 25.6. The van der Waals surface area contributed by atoms with Crippen molar-refractivity contribution in [2.75, 3.05) is 136 Å². The lowest BCUT2D eigenvalue weighted by molar-refractivity contribution is -0.138. The minimum atomic E-state index is -4.54. The number of anilines is 7. The number of halogens is 9. The molecule has 4 saturated heterocycles. The molecular formula is C62H61ClF8N8O4. The van der Waals surface area contributed by atoms with Gasteiger partial charge in [-0.1, -0.05) is 48.0 Å². The zero-order valence-corrected chi connectivity index (χ0v) is 46.4. The number of aromatic nitrogens is 2. The van der Waals surface area contributed by atoms with Gasteiger partial charge in [0, 0.05) is 85.6 Å². The zero-order valence-electron chi connectivity index (χ0n) is 45.7. The lowest BCUT2D eigenvalue weighted by atomic mass is 9.99. The van der Waals surface area contributed by atoms with Gasteiger partial charge in [-0.15, -0.1) is 0 Å². The van der Waals surface area contributed by atoms with Gasteiger partial charge in [-0.2, -0.15) is 26.3 Å². The van der Waals surface area contributed by atoms with E-state index in [1.807, 2.05) is 6.92 Å². The molecule has 21 heteroatoms. The van der Waals surface area contributed by atoms with E-state index < -0.39 is 35.1 Å². The quantitative estimate of drug-likeness (QED) is 0.112. The van der Waals surface area contributed by atoms with E-state index in [0.29, 0.717) is 67.1 Å². The van der Waals surface area contributed by atoms with E-state index >= 15 is 0 Å². The highest BCUT2D eigenvalue weighted by atomic mass is 35.5. The molecule has 2 aromatic heterocycles. The van der Waals surface area contributed by atoms with Gasteiger partial charge in [0.25, 0.3) is 0 Å². The molecule has 3 N–H and O–H groups in total. The second-order valence-electron chi connectivity index (χ2n) is 20.2. The number of pyridine rings is 2. The number of ether oxygens (including phenoxy) is 4. The van der Waals surface area contributed by atoms with Crippen LogP contribution in [0.15, 0.2) is 121 Å². The van der Waals surface area contributed by atoms with Crippen LogP contribution in [0.4, 0.5) is 74.9 Å². The standard InChI is InChI=1S/C31H30F4N4O2.C17H10ClF4N.C14H21N3O2/c1-20-29(23-4-2-3-5-25(23)32)36-26-18-21(31(33,34)35)6-8-24(26)30(20)37-27-19-22(38-10-14-40-15-11-38)7-9-28(27)39-12-16-41-17-13-39;1-9-15(18)12-7-6-10(17(20,21)22)8-14(12)23-16(9)11-4-2-3-5-13(11)19;15-13-11-12(16-3-7-18-8-4-16)1-2-14(13)17-5-9-19-10-6-17/h2-9,18-19H,10-17H2,1H3,(H,36,37);2-8H,1H3;1-2,11H,3-10,15H2. The first-order valence-electron chi connectivity index (χ1n) is 27.2.